The molecular formula is C10H22N2. The summed E-state index contributed by atoms with van der Waals surface area (Å²) < 4.78 is 0. The topological polar surface area (TPSA) is 29.3 Å². The highest BCUT2D eigenvalue weighted by Gasteiger charge is 2.26. The average molecular weight is 170 g/mol. The van der Waals surface area contributed by atoms with Crippen molar-refractivity contribution in [2.45, 2.75) is 33.2 Å². The lowest BCUT2D eigenvalue weighted by molar-refractivity contribution is 0.0851. The SMILES string of the molecule is CCC1CN(CC(N)C(C)C)C1. The van der Waals surface area contributed by atoms with Crippen molar-refractivity contribution in [3.8, 4) is 0 Å². The van der Waals surface area contributed by atoms with Crippen LogP contribution in [-0.4, -0.2) is 30.6 Å². The third-order valence-electron chi connectivity index (χ3n) is 2.94. The quantitative estimate of drug-likeness (QED) is 0.689. The number of hydrogen-bond donors (Lipinski definition) is 1. The molecule has 72 valence electrons. The van der Waals surface area contributed by atoms with E-state index in [2.05, 4.69) is 25.7 Å². The van der Waals surface area contributed by atoms with Gasteiger partial charge in [-0.05, 0) is 11.8 Å². The summed E-state index contributed by atoms with van der Waals surface area (Å²) in [7, 11) is 0. The monoisotopic (exact) mass is 170 g/mol. The molecule has 2 heteroatoms. The third-order valence-corrected chi connectivity index (χ3v) is 2.94. The largest absolute Gasteiger partial charge is 0.326 e. The predicted octanol–water partition coefficient (Wildman–Crippen LogP) is 1.31. The molecule has 1 rings (SSSR count). The number of nitrogens with two attached hydrogens (primary N) is 1. The molecule has 1 heterocycles. The molecule has 0 saturated carbocycles. The zero-order valence-electron chi connectivity index (χ0n) is 8.59. The Bertz CT molecular complexity index is 128. The van der Waals surface area contributed by atoms with Gasteiger partial charge < -0.3 is 10.6 Å². The molecule has 1 aliphatic heterocycles. The normalized spacial score (nSPS) is 22.8. The van der Waals surface area contributed by atoms with Gasteiger partial charge in [0.1, 0.15) is 0 Å². The highest BCUT2D eigenvalue weighted by molar-refractivity contribution is 4.82. The third kappa shape index (κ3) is 2.46. The Morgan fingerprint density at radius 3 is 2.42 bits per heavy atom. The van der Waals surface area contributed by atoms with E-state index in [9.17, 15) is 0 Å². The maximum absolute atomic E-state index is 5.97. The lowest BCUT2D eigenvalue weighted by atomic mass is 9.95. The first-order valence-electron chi connectivity index (χ1n) is 5.11. The van der Waals surface area contributed by atoms with Crippen LogP contribution in [0.5, 0.6) is 0 Å². The minimum absolute atomic E-state index is 0.364. The Labute approximate surface area is 76.1 Å². The van der Waals surface area contributed by atoms with Crippen LogP contribution in [0, 0.1) is 11.8 Å². The summed E-state index contributed by atoms with van der Waals surface area (Å²) >= 11 is 0. The standard InChI is InChI=1S/C10H22N2/c1-4-9-5-12(6-9)7-10(11)8(2)3/h8-10H,4-7,11H2,1-3H3. The molecule has 0 amide bonds. The van der Waals surface area contributed by atoms with Crippen molar-refractivity contribution in [2.75, 3.05) is 19.6 Å². The minimum atomic E-state index is 0.364. The van der Waals surface area contributed by atoms with E-state index in [-0.39, 0.29) is 0 Å². The zero-order chi connectivity index (χ0) is 9.14. The van der Waals surface area contributed by atoms with Crippen molar-refractivity contribution in [3.63, 3.8) is 0 Å². The molecular weight excluding hydrogens is 148 g/mol. The highest BCUT2D eigenvalue weighted by atomic mass is 15.2. The molecule has 1 saturated heterocycles. The van der Waals surface area contributed by atoms with Gasteiger partial charge in [0.05, 0.1) is 0 Å². The van der Waals surface area contributed by atoms with E-state index >= 15 is 0 Å². The van der Waals surface area contributed by atoms with Crippen LogP contribution in [0.1, 0.15) is 27.2 Å². The highest BCUT2D eigenvalue weighted by Crippen LogP contribution is 2.18. The van der Waals surface area contributed by atoms with Crippen LogP contribution in [-0.2, 0) is 0 Å². The number of rotatable bonds is 4. The number of likely N-dealkylation sites (tertiary alicyclic amines) is 1. The molecule has 0 spiro atoms. The van der Waals surface area contributed by atoms with E-state index < -0.39 is 0 Å². The summed E-state index contributed by atoms with van der Waals surface area (Å²) in [6, 6.07) is 0.364. The molecule has 0 aromatic carbocycles. The van der Waals surface area contributed by atoms with Gasteiger partial charge in [-0.2, -0.15) is 0 Å². The van der Waals surface area contributed by atoms with Crippen molar-refractivity contribution in [2.24, 2.45) is 17.6 Å². The Morgan fingerprint density at radius 1 is 1.42 bits per heavy atom. The summed E-state index contributed by atoms with van der Waals surface area (Å²) in [6.07, 6.45) is 1.33. The van der Waals surface area contributed by atoms with E-state index in [1.165, 1.54) is 19.5 Å². The lowest BCUT2D eigenvalue weighted by Gasteiger charge is -2.40. The number of hydrogen-bond acceptors (Lipinski definition) is 2. The van der Waals surface area contributed by atoms with Crippen molar-refractivity contribution >= 4 is 0 Å². The Balaban J connectivity index is 2.10. The molecule has 0 aliphatic carbocycles. The maximum Gasteiger partial charge on any atom is 0.0191 e. The molecule has 2 N–H and O–H groups in total. The first-order chi connectivity index (χ1) is 5.63. The molecule has 1 unspecified atom stereocenters. The summed E-state index contributed by atoms with van der Waals surface area (Å²) in [5, 5.41) is 0. The lowest BCUT2D eigenvalue weighted by Crippen LogP contribution is -2.52. The maximum atomic E-state index is 5.97. The van der Waals surface area contributed by atoms with Crippen LogP contribution in [0.25, 0.3) is 0 Å². The Kier molecular flexibility index (Phi) is 3.53. The fraction of sp³-hybridized carbons (Fsp3) is 1.00. The second-order valence-corrected chi connectivity index (χ2v) is 4.40. The molecule has 1 atom stereocenters. The van der Waals surface area contributed by atoms with Gasteiger partial charge in [0.25, 0.3) is 0 Å². The summed E-state index contributed by atoms with van der Waals surface area (Å²) in [5.41, 5.74) is 5.97. The van der Waals surface area contributed by atoms with Gasteiger partial charge in [-0.1, -0.05) is 27.2 Å². The second-order valence-electron chi connectivity index (χ2n) is 4.40. The van der Waals surface area contributed by atoms with Crippen molar-refractivity contribution in [3.05, 3.63) is 0 Å². The van der Waals surface area contributed by atoms with E-state index in [1.54, 1.807) is 0 Å². The van der Waals surface area contributed by atoms with Gasteiger partial charge >= 0.3 is 0 Å². The van der Waals surface area contributed by atoms with Gasteiger partial charge in [-0.3, -0.25) is 0 Å². The molecule has 0 radical (unpaired) electrons. The van der Waals surface area contributed by atoms with Crippen molar-refractivity contribution in [1.82, 2.24) is 4.90 Å². The summed E-state index contributed by atoms with van der Waals surface area (Å²) in [4.78, 5) is 2.47. The molecule has 0 aromatic heterocycles. The predicted molar refractivity (Wildman–Crippen MR) is 53.0 cm³/mol. The minimum Gasteiger partial charge on any atom is -0.326 e. The van der Waals surface area contributed by atoms with Gasteiger partial charge in [-0.15, -0.1) is 0 Å². The molecule has 0 bridgehead atoms. The first kappa shape index (κ1) is 10.0. The molecule has 2 nitrogen and oxygen atoms in total. The Morgan fingerprint density at radius 2 is 2.00 bits per heavy atom. The van der Waals surface area contributed by atoms with E-state index in [0.29, 0.717) is 12.0 Å². The summed E-state index contributed by atoms with van der Waals surface area (Å²) in [6.45, 7) is 10.3. The molecule has 1 fully saturated rings. The van der Waals surface area contributed by atoms with E-state index in [1.807, 2.05) is 0 Å². The van der Waals surface area contributed by atoms with Crippen LogP contribution in [0.4, 0.5) is 0 Å². The van der Waals surface area contributed by atoms with Crippen LogP contribution >= 0.6 is 0 Å². The van der Waals surface area contributed by atoms with E-state index in [4.69, 9.17) is 5.73 Å². The second kappa shape index (κ2) is 4.24. The van der Waals surface area contributed by atoms with Gasteiger partial charge in [0, 0.05) is 25.7 Å². The average Bonchev–Trinajstić information content (AvgIpc) is 1.94. The number of nitrogens with zero attached hydrogens (tertiary/aromatic N) is 1. The van der Waals surface area contributed by atoms with E-state index in [0.717, 1.165) is 12.5 Å². The van der Waals surface area contributed by atoms with Gasteiger partial charge in [0.2, 0.25) is 0 Å². The summed E-state index contributed by atoms with van der Waals surface area (Å²) in [5.74, 6) is 1.56. The molecule has 0 aromatic rings. The van der Waals surface area contributed by atoms with Crippen LogP contribution < -0.4 is 5.73 Å². The fourth-order valence-electron chi connectivity index (χ4n) is 1.59. The fourth-order valence-corrected chi connectivity index (χ4v) is 1.59. The van der Waals surface area contributed by atoms with Gasteiger partial charge in [0.15, 0.2) is 0 Å². The molecule has 1 aliphatic rings. The van der Waals surface area contributed by atoms with Gasteiger partial charge in [-0.25, -0.2) is 0 Å². The molecule has 12 heavy (non-hydrogen) atoms. The van der Waals surface area contributed by atoms with Crippen LogP contribution in [0.2, 0.25) is 0 Å². The Hall–Kier alpha value is -0.0800. The van der Waals surface area contributed by atoms with Crippen LogP contribution in [0.15, 0.2) is 0 Å². The smallest absolute Gasteiger partial charge is 0.0191 e. The first-order valence-corrected chi connectivity index (χ1v) is 5.11. The van der Waals surface area contributed by atoms with Crippen LogP contribution in [0.3, 0.4) is 0 Å². The van der Waals surface area contributed by atoms with Crippen molar-refractivity contribution in [1.29, 1.82) is 0 Å². The zero-order valence-corrected chi connectivity index (χ0v) is 8.59. The van der Waals surface area contributed by atoms with Crippen molar-refractivity contribution < 1.29 is 0 Å².